The van der Waals surface area contributed by atoms with Crippen LogP contribution < -0.4 is 0 Å². The lowest BCUT2D eigenvalue weighted by atomic mass is 10.1. The molecule has 0 saturated carbocycles. The van der Waals surface area contributed by atoms with Crippen LogP contribution in [0.3, 0.4) is 0 Å². The lowest BCUT2D eigenvalue weighted by molar-refractivity contribution is 0.587. The van der Waals surface area contributed by atoms with Crippen LogP contribution in [0.15, 0.2) is 0 Å². The number of rotatable bonds is 4. The first-order chi connectivity index (χ1) is 4.81. The molecule has 0 saturated heterocycles. The van der Waals surface area contributed by atoms with Gasteiger partial charge in [-0.05, 0) is 29.9 Å². The van der Waals surface area contributed by atoms with Gasteiger partial charge in [0.05, 0.1) is 0 Å². The molecule has 0 aliphatic heterocycles. The van der Waals surface area contributed by atoms with Gasteiger partial charge in [-0.1, -0.05) is 33.6 Å². The molecule has 11 heavy (non-hydrogen) atoms. The first kappa shape index (κ1) is 11.4. The Morgan fingerprint density at radius 3 is 1.82 bits per heavy atom. The Bertz CT molecular complexity index is 109. The average molecular weight is 176 g/mol. The van der Waals surface area contributed by atoms with Crippen molar-refractivity contribution in [3.8, 4) is 0 Å². The molecule has 0 rings (SSSR count). The van der Waals surface area contributed by atoms with Gasteiger partial charge >= 0.3 is 0 Å². The third kappa shape index (κ3) is 3.50. The largest absolute Gasteiger partial charge is 0.245 e. The highest BCUT2D eigenvalue weighted by Crippen LogP contribution is 2.51. The molecule has 0 amide bonds. The van der Waals surface area contributed by atoms with Crippen LogP contribution in [0, 0.1) is 0 Å². The van der Waals surface area contributed by atoms with Gasteiger partial charge in [-0.3, -0.25) is 0 Å². The highest BCUT2D eigenvalue weighted by molar-refractivity contribution is 8.33. The molecule has 0 aliphatic rings. The summed E-state index contributed by atoms with van der Waals surface area (Å²) in [5.74, 6) is 0. The molecule has 0 aromatic carbocycles. The normalized spacial score (nSPS) is 15.1. The Hall–Kier alpha value is 0.350. The van der Waals surface area contributed by atoms with Crippen molar-refractivity contribution in [2.24, 2.45) is 0 Å². The van der Waals surface area contributed by atoms with Gasteiger partial charge in [0.1, 0.15) is 0 Å². The van der Waals surface area contributed by atoms with E-state index in [4.69, 9.17) is 0 Å². The zero-order valence-corrected chi connectivity index (χ0v) is 9.85. The zero-order chi connectivity index (χ0) is 9.12. The van der Waals surface area contributed by atoms with Gasteiger partial charge in [0, 0.05) is 0 Å². The van der Waals surface area contributed by atoms with Crippen LogP contribution in [0.5, 0.6) is 0 Å². The molecule has 70 valence electrons. The van der Waals surface area contributed by atoms with Crippen molar-refractivity contribution in [3.63, 3.8) is 0 Å². The van der Waals surface area contributed by atoms with E-state index in [1.807, 2.05) is 0 Å². The molecule has 0 N–H and O–H groups in total. The monoisotopic (exact) mass is 176 g/mol. The highest BCUT2D eigenvalue weighted by atomic mass is 32.3. The van der Waals surface area contributed by atoms with Crippen LogP contribution in [-0.2, 0) is 0 Å². The molecule has 0 bridgehead atoms. The fourth-order valence-electron chi connectivity index (χ4n) is 0.909. The molecule has 0 aromatic heterocycles. The Balaban J connectivity index is 4.00. The van der Waals surface area contributed by atoms with Crippen LogP contribution in [0.25, 0.3) is 0 Å². The van der Waals surface area contributed by atoms with E-state index in [2.05, 4.69) is 39.5 Å². The Kier molecular flexibility index (Phi) is 3.96. The van der Waals surface area contributed by atoms with Crippen LogP contribution in [0.4, 0.5) is 0 Å². The van der Waals surface area contributed by atoms with Crippen molar-refractivity contribution < 1.29 is 0 Å². The smallest absolute Gasteiger partial charge is 0.00614 e. The van der Waals surface area contributed by atoms with Crippen LogP contribution in [-0.4, -0.2) is 23.5 Å². The van der Waals surface area contributed by atoms with Crippen molar-refractivity contribution in [1.29, 1.82) is 0 Å². The maximum Gasteiger partial charge on any atom is -0.00614 e. The first-order valence-corrected chi connectivity index (χ1v) is 7.35. The minimum atomic E-state index is -0.375. The molecule has 0 radical (unpaired) electrons. The van der Waals surface area contributed by atoms with E-state index in [0.717, 1.165) is 0 Å². The SMILES string of the molecule is CCCCC(C)(C)S(C)(C)C. The fourth-order valence-corrected chi connectivity index (χ4v) is 1.67. The zero-order valence-electron chi connectivity index (χ0n) is 9.03. The van der Waals surface area contributed by atoms with Gasteiger partial charge in [-0.15, -0.1) is 0 Å². The third-order valence-corrected chi connectivity index (χ3v) is 6.31. The Morgan fingerprint density at radius 1 is 1.09 bits per heavy atom. The Labute approximate surface area is 74.1 Å². The number of hydrogen-bond acceptors (Lipinski definition) is 0. The fraction of sp³-hybridized carbons (Fsp3) is 1.00. The third-order valence-electron chi connectivity index (χ3n) is 2.79. The summed E-state index contributed by atoms with van der Waals surface area (Å²) < 4.78 is 0.572. The summed E-state index contributed by atoms with van der Waals surface area (Å²) in [7, 11) is -0.375. The van der Waals surface area contributed by atoms with Gasteiger partial charge in [0.2, 0.25) is 0 Å². The van der Waals surface area contributed by atoms with Gasteiger partial charge in [0.15, 0.2) is 0 Å². The summed E-state index contributed by atoms with van der Waals surface area (Å²) in [6.45, 7) is 7.10. The van der Waals surface area contributed by atoms with Crippen LogP contribution in [0.2, 0.25) is 0 Å². The van der Waals surface area contributed by atoms with Gasteiger partial charge in [-0.25, -0.2) is 10.0 Å². The van der Waals surface area contributed by atoms with Gasteiger partial charge in [-0.2, -0.15) is 0 Å². The molecule has 1 heteroatoms. The summed E-state index contributed by atoms with van der Waals surface area (Å²) in [6, 6.07) is 0. The predicted molar refractivity (Wildman–Crippen MR) is 59.0 cm³/mol. The predicted octanol–water partition coefficient (Wildman–Crippen LogP) is 3.65. The second-order valence-corrected chi connectivity index (χ2v) is 9.48. The first-order valence-electron chi connectivity index (χ1n) is 4.49. The molecule has 0 fully saturated rings. The molecule has 0 atom stereocenters. The average Bonchev–Trinajstić information content (AvgIpc) is 1.81. The summed E-state index contributed by atoms with van der Waals surface area (Å²) in [4.78, 5) is 0. The minimum absolute atomic E-state index is 0.375. The Morgan fingerprint density at radius 2 is 1.55 bits per heavy atom. The second kappa shape index (κ2) is 3.84. The van der Waals surface area contributed by atoms with E-state index in [1.165, 1.54) is 19.3 Å². The lowest BCUT2D eigenvalue weighted by Crippen LogP contribution is -2.26. The van der Waals surface area contributed by atoms with Crippen LogP contribution in [0.1, 0.15) is 40.0 Å². The molecular formula is C10H24S. The van der Waals surface area contributed by atoms with Gasteiger partial charge in [0.25, 0.3) is 0 Å². The van der Waals surface area contributed by atoms with E-state index in [-0.39, 0.29) is 10.0 Å². The maximum atomic E-state index is 2.42. The van der Waals surface area contributed by atoms with Crippen LogP contribution >= 0.6 is 10.0 Å². The van der Waals surface area contributed by atoms with Crippen molar-refractivity contribution >= 4 is 10.0 Å². The summed E-state index contributed by atoms with van der Waals surface area (Å²) in [5, 5.41) is 0. The van der Waals surface area contributed by atoms with Gasteiger partial charge < -0.3 is 0 Å². The van der Waals surface area contributed by atoms with E-state index in [0.29, 0.717) is 4.75 Å². The molecule has 0 heterocycles. The standard InChI is InChI=1S/C10H24S/c1-7-8-9-10(2,3)11(4,5)6/h7-9H2,1-6H3. The quantitative estimate of drug-likeness (QED) is 0.613. The molecule has 0 aliphatic carbocycles. The molecule has 0 unspecified atom stereocenters. The molecule has 0 aromatic rings. The van der Waals surface area contributed by atoms with E-state index in [1.54, 1.807) is 0 Å². The molecule has 0 nitrogen and oxygen atoms in total. The summed E-state index contributed by atoms with van der Waals surface area (Å²) >= 11 is 0. The van der Waals surface area contributed by atoms with Crippen molar-refractivity contribution in [3.05, 3.63) is 0 Å². The van der Waals surface area contributed by atoms with E-state index >= 15 is 0 Å². The van der Waals surface area contributed by atoms with Crippen molar-refractivity contribution in [2.75, 3.05) is 18.8 Å². The number of hydrogen-bond donors (Lipinski definition) is 0. The lowest BCUT2D eigenvalue weighted by Gasteiger charge is -2.44. The molecule has 0 spiro atoms. The minimum Gasteiger partial charge on any atom is -0.245 e. The second-order valence-electron chi connectivity index (χ2n) is 4.70. The highest BCUT2D eigenvalue weighted by Gasteiger charge is 2.27. The van der Waals surface area contributed by atoms with E-state index < -0.39 is 0 Å². The maximum absolute atomic E-state index is 2.42. The van der Waals surface area contributed by atoms with Crippen molar-refractivity contribution in [1.82, 2.24) is 0 Å². The topological polar surface area (TPSA) is 0 Å². The summed E-state index contributed by atoms with van der Waals surface area (Å²) in [6.07, 6.45) is 11.4. The number of unbranched alkanes of at least 4 members (excludes halogenated alkanes) is 1. The van der Waals surface area contributed by atoms with Crippen molar-refractivity contribution in [2.45, 2.75) is 44.8 Å². The summed E-state index contributed by atoms with van der Waals surface area (Å²) in [5.41, 5.74) is 0. The molecular weight excluding hydrogens is 152 g/mol. The van der Waals surface area contributed by atoms with E-state index in [9.17, 15) is 0 Å².